The summed E-state index contributed by atoms with van der Waals surface area (Å²) in [6.45, 7) is 7.10. The van der Waals surface area contributed by atoms with Gasteiger partial charge in [-0.05, 0) is 32.0 Å². The first-order valence-electron chi connectivity index (χ1n) is 8.38. The SMILES string of the molecule is CCNC(=NCc1ccnc(OC)c1)NCCN(C)CCCOC. The van der Waals surface area contributed by atoms with Crippen LogP contribution < -0.4 is 15.4 Å². The van der Waals surface area contributed by atoms with Gasteiger partial charge >= 0.3 is 0 Å². The van der Waals surface area contributed by atoms with Gasteiger partial charge in [0.25, 0.3) is 0 Å². The number of nitrogens with zero attached hydrogens (tertiary/aromatic N) is 3. The van der Waals surface area contributed by atoms with Crippen molar-refractivity contribution in [1.82, 2.24) is 20.5 Å². The molecular weight excluding hydrogens is 306 g/mol. The van der Waals surface area contributed by atoms with Crippen molar-refractivity contribution in [3.8, 4) is 5.88 Å². The molecule has 0 fully saturated rings. The van der Waals surface area contributed by atoms with Crippen molar-refractivity contribution in [2.24, 2.45) is 4.99 Å². The van der Waals surface area contributed by atoms with Crippen LogP contribution in [0.15, 0.2) is 23.3 Å². The van der Waals surface area contributed by atoms with E-state index < -0.39 is 0 Å². The minimum atomic E-state index is 0.581. The third kappa shape index (κ3) is 8.69. The Hall–Kier alpha value is -1.86. The van der Waals surface area contributed by atoms with Crippen LogP contribution in [0.1, 0.15) is 18.9 Å². The normalized spacial score (nSPS) is 11.6. The average Bonchev–Trinajstić information content (AvgIpc) is 2.60. The number of aromatic nitrogens is 1. The van der Waals surface area contributed by atoms with Gasteiger partial charge in [0.2, 0.25) is 5.88 Å². The molecule has 0 spiro atoms. The standard InChI is InChI=1S/C17H31N5O2/c1-5-18-17(20-9-11-22(2)10-6-12-23-3)21-14-15-7-8-19-16(13-15)24-4/h7-8,13H,5-6,9-12,14H2,1-4H3,(H2,18,20,21). The van der Waals surface area contributed by atoms with E-state index in [0.717, 1.165) is 50.7 Å². The smallest absolute Gasteiger partial charge is 0.213 e. The molecule has 0 saturated carbocycles. The number of ether oxygens (including phenoxy) is 2. The molecule has 0 amide bonds. The van der Waals surface area contributed by atoms with E-state index in [1.807, 2.05) is 12.1 Å². The highest BCUT2D eigenvalue weighted by atomic mass is 16.5. The topological polar surface area (TPSA) is 71.0 Å². The highest BCUT2D eigenvalue weighted by Crippen LogP contribution is 2.09. The molecule has 0 saturated heterocycles. The van der Waals surface area contributed by atoms with E-state index in [1.54, 1.807) is 20.4 Å². The Morgan fingerprint density at radius 1 is 1.29 bits per heavy atom. The van der Waals surface area contributed by atoms with Gasteiger partial charge in [0, 0.05) is 52.2 Å². The molecule has 7 nitrogen and oxygen atoms in total. The van der Waals surface area contributed by atoms with E-state index in [1.165, 1.54) is 0 Å². The molecule has 0 unspecified atom stereocenters. The second kappa shape index (κ2) is 12.5. The van der Waals surface area contributed by atoms with E-state index in [4.69, 9.17) is 9.47 Å². The van der Waals surface area contributed by atoms with Crippen LogP contribution in [0.25, 0.3) is 0 Å². The minimum Gasteiger partial charge on any atom is -0.481 e. The van der Waals surface area contributed by atoms with Gasteiger partial charge in [0.1, 0.15) is 0 Å². The van der Waals surface area contributed by atoms with Gasteiger partial charge in [-0.2, -0.15) is 0 Å². The molecule has 0 radical (unpaired) electrons. The van der Waals surface area contributed by atoms with Gasteiger partial charge in [0.15, 0.2) is 5.96 Å². The highest BCUT2D eigenvalue weighted by molar-refractivity contribution is 5.79. The summed E-state index contributed by atoms with van der Waals surface area (Å²) in [5.41, 5.74) is 1.07. The number of aliphatic imine (C=N–C) groups is 1. The molecule has 136 valence electrons. The number of nitrogens with one attached hydrogen (secondary N) is 2. The van der Waals surface area contributed by atoms with Gasteiger partial charge in [-0.1, -0.05) is 0 Å². The first-order chi connectivity index (χ1) is 11.7. The van der Waals surface area contributed by atoms with E-state index in [-0.39, 0.29) is 0 Å². The van der Waals surface area contributed by atoms with Crippen LogP contribution in [0.4, 0.5) is 0 Å². The molecule has 0 aliphatic heterocycles. The number of pyridine rings is 1. The van der Waals surface area contributed by atoms with E-state index in [9.17, 15) is 0 Å². The zero-order chi connectivity index (χ0) is 17.6. The maximum atomic E-state index is 5.14. The summed E-state index contributed by atoms with van der Waals surface area (Å²) in [5, 5.41) is 6.62. The predicted octanol–water partition coefficient (Wildman–Crippen LogP) is 1.11. The number of likely N-dealkylation sites (N-methyl/N-ethyl adjacent to an activating group) is 1. The first kappa shape index (κ1) is 20.2. The van der Waals surface area contributed by atoms with Crippen LogP contribution in [0.3, 0.4) is 0 Å². The summed E-state index contributed by atoms with van der Waals surface area (Å²) in [4.78, 5) is 11.0. The number of hydrogen-bond acceptors (Lipinski definition) is 5. The quantitative estimate of drug-likeness (QED) is 0.358. The summed E-state index contributed by atoms with van der Waals surface area (Å²) in [6.07, 6.45) is 2.78. The van der Waals surface area contributed by atoms with Crippen molar-refractivity contribution in [1.29, 1.82) is 0 Å². The van der Waals surface area contributed by atoms with Gasteiger partial charge in [-0.15, -0.1) is 0 Å². The third-order valence-corrected chi connectivity index (χ3v) is 3.45. The number of hydrogen-bond donors (Lipinski definition) is 2. The maximum Gasteiger partial charge on any atom is 0.213 e. The molecule has 0 aliphatic rings. The molecule has 1 rings (SSSR count). The van der Waals surface area contributed by atoms with Gasteiger partial charge in [0.05, 0.1) is 13.7 Å². The van der Waals surface area contributed by atoms with Crippen molar-refractivity contribution in [3.63, 3.8) is 0 Å². The number of guanidine groups is 1. The number of rotatable bonds is 11. The fourth-order valence-electron chi connectivity index (χ4n) is 2.13. The molecule has 2 N–H and O–H groups in total. The molecular formula is C17H31N5O2. The molecule has 1 aromatic rings. The fraction of sp³-hybridized carbons (Fsp3) is 0.647. The third-order valence-electron chi connectivity index (χ3n) is 3.45. The van der Waals surface area contributed by atoms with Crippen molar-refractivity contribution >= 4 is 5.96 Å². The largest absolute Gasteiger partial charge is 0.481 e. The zero-order valence-electron chi connectivity index (χ0n) is 15.3. The summed E-state index contributed by atoms with van der Waals surface area (Å²) in [5.74, 6) is 1.43. The number of methoxy groups -OCH3 is 2. The van der Waals surface area contributed by atoms with Crippen LogP contribution in [-0.4, -0.2) is 69.9 Å². The van der Waals surface area contributed by atoms with E-state index in [2.05, 4.69) is 39.5 Å². The average molecular weight is 337 g/mol. The Morgan fingerprint density at radius 2 is 2.12 bits per heavy atom. The van der Waals surface area contributed by atoms with Crippen molar-refractivity contribution in [3.05, 3.63) is 23.9 Å². The van der Waals surface area contributed by atoms with Crippen LogP contribution in [-0.2, 0) is 11.3 Å². The van der Waals surface area contributed by atoms with Crippen molar-refractivity contribution in [2.75, 3.05) is 54.1 Å². The Kier molecular flexibility index (Phi) is 10.6. The lowest BCUT2D eigenvalue weighted by Gasteiger charge is -2.18. The fourth-order valence-corrected chi connectivity index (χ4v) is 2.13. The van der Waals surface area contributed by atoms with Crippen LogP contribution >= 0.6 is 0 Å². The van der Waals surface area contributed by atoms with Gasteiger partial charge < -0.3 is 25.0 Å². The summed E-state index contributed by atoms with van der Waals surface area (Å²) >= 11 is 0. The molecule has 0 atom stereocenters. The molecule has 24 heavy (non-hydrogen) atoms. The molecule has 0 aliphatic carbocycles. The second-order valence-electron chi connectivity index (χ2n) is 5.48. The summed E-state index contributed by atoms with van der Waals surface area (Å²) in [6, 6.07) is 3.84. The monoisotopic (exact) mass is 337 g/mol. The van der Waals surface area contributed by atoms with Crippen LogP contribution in [0, 0.1) is 0 Å². The summed E-state index contributed by atoms with van der Waals surface area (Å²) in [7, 11) is 5.47. The highest BCUT2D eigenvalue weighted by Gasteiger charge is 2.01. The lowest BCUT2D eigenvalue weighted by molar-refractivity contribution is 0.180. The Balaban J connectivity index is 2.41. The molecule has 7 heteroatoms. The molecule has 0 bridgehead atoms. The van der Waals surface area contributed by atoms with Crippen molar-refractivity contribution < 1.29 is 9.47 Å². The predicted molar refractivity (Wildman–Crippen MR) is 97.6 cm³/mol. The Morgan fingerprint density at radius 3 is 2.83 bits per heavy atom. The van der Waals surface area contributed by atoms with E-state index in [0.29, 0.717) is 12.4 Å². The van der Waals surface area contributed by atoms with Crippen molar-refractivity contribution in [2.45, 2.75) is 19.9 Å². The van der Waals surface area contributed by atoms with Crippen LogP contribution in [0.5, 0.6) is 5.88 Å². The van der Waals surface area contributed by atoms with Gasteiger partial charge in [-0.3, -0.25) is 0 Å². The first-order valence-corrected chi connectivity index (χ1v) is 8.38. The lowest BCUT2D eigenvalue weighted by atomic mass is 10.3. The lowest BCUT2D eigenvalue weighted by Crippen LogP contribution is -2.41. The summed E-state index contributed by atoms with van der Waals surface area (Å²) < 4.78 is 10.2. The maximum absolute atomic E-state index is 5.14. The Labute approximate surface area is 145 Å². The molecule has 1 aromatic heterocycles. The molecule has 1 heterocycles. The van der Waals surface area contributed by atoms with E-state index >= 15 is 0 Å². The zero-order valence-corrected chi connectivity index (χ0v) is 15.3. The van der Waals surface area contributed by atoms with Gasteiger partial charge in [-0.25, -0.2) is 9.98 Å². The minimum absolute atomic E-state index is 0.581. The molecule has 0 aromatic carbocycles. The van der Waals surface area contributed by atoms with Crippen LogP contribution in [0.2, 0.25) is 0 Å². The second-order valence-corrected chi connectivity index (χ2v) is 5.48. The Bertz CT molecular complexity index is 482.